The molecule has 0 N–H and O–H groups in total. The molecule has 3 heteroatoms. The fourth-order valence-corrected chi connectivity index (χ4v) is 1.97. The van der Waals surface area contributed by atoms with Crippen molar-refractivity contribution < 1.29 is 8.83 Å². The summed E-state index contributed by atoms with van der Waals surface area (Å²) < 4.78 is 10.7. The van der Waals surface area contributed by atoms with Crippen molar-refractivity contribution >= 4 is 21.9 Å². The molecule has 16 heavy (non-hydrogen) atoms. The van der Waals surface area contributed by atoms with Gasteiger partial charge in [-0.3, -0.25) is 0 Å². The monoisotopic (exact) mass is 214 g/mol. The molecule has 1 aromatic carbocycles. The maximum Gasteiger partial charge on any atom is 0.336 e. The van der Waals surface area contributed by atoms with Crippen LogP contribution in [-0.2, 0) is 0 Å². The number of fused-ring (bicyclic) bond motifs is 3. The zero-order valence-electron chi connectivity index (χ0n) is 9.03. The van der Waals surface area contributed by atoms with E-state index in [2.05, 4.69) is 0 Å². The van der Waals surface area contributed by atoms with Crippen LogP contribution in [0.1, 0.15) is 11.3 Å². The molecule has 3 nitrogen and oxygen atoms in total. The molecular formula is C13H10O3. The Morgan fingerprint density at radius 2 is 1.81 bits per heavy atom. The first-order valence-corrected chi connectivity index (χ1v) is 5.09. The predicted molar refractivity (Wildman–Crippen MR) is 61.7 cm³/mol. The molecule has 3 aromatic rings. The molecule has 0 aliphatic rings. The summed E-state index contributed by atoms with van der Waals surface area (Å²) in [6.07, 6.45) is 0. The highest BCUT2D eigenvalue weighted by molar-refractivity contribution is 6.05. The van der Waals surface area contributed by atoms with Crippen molar-refractivity contribution in [2.45, 2.75) is 13.8 Å². The molecule has 0 atom stereocenters. The lowest BCUT2D eigenvalue weighted by Gasteiger charge is -1.91. The van der Waals surface area contributed by atoms with Crippen LogP contribution in [0, 0.1) is 13.8 Å². The van der Waals surface area contributed by atoms with Crippen LogP contribution in [0.3, 0.4) is 0 Å². The van der Waals surface area contributed by atoms with Crippen molar-refractivity contribution in [1.29, 1.82) is 0 Å². The summed E-state index contributed by atoms with van der Waals surface area (Å²) in [6, 6.07) is 7.40. The Balaban J connectivity index is 2.61. The first-order valence-electron chi connectivity index (χ1n) is 5.09. The van der Waals surface area contributed by atoms with Crippen LogP contribution in [0.15, 0.2) is 37.9 Å². The molecule has 0 spiro atoms. The van der Waals surface area contributed by atoms with E-state index < -0.39 is 0 Å². The Morgan fingerprint density at radius 1 is 1.00 bits per heavy atom. The van der Waals surface area contributed by atoms with E-state index in [4.69, 9.17) is 8.83 Å². The summed E-state index contributed by atoms with van der Waals surface area (Å²) >= 11 is 0. The minimum atomic E-state index is -0.340. The van der Waals surface area contributed by atoms with Gasteiger partial charge in [0.05, 0.1) is 0 Å². The topological polar surface area (TPSA) is 43.4 Å². The molecule has 0 saturated heterocycles. The Labute approximate surface area is 91.3 Å². The molecule has 0 unspecified atom stereocenters. The molecule has 0 saturated carbocycles. The first kappa shape index (κ1) is 9.21. The summed E-state index contributed by atoms with van der Waals surface area (Å²) in [5.74, 6) is 0.524. The van der Waals surface area contributed by atoms with E-state index in [-0.39, 0.29) is 5.63 Å². The average molecular weight is 214 g/mol. The summed E-state index contributed by atoms with van der Waals surface area (Å²) in [5.41, 5.74) is 2.23. The molecule has 2 aromatic heterocycles. The van der Waals surface area contributed by atoms with Gasteiger partial charge in [0.1, 0.15) is 11.3 Å². The van der Waals surface area contributed by atoms with Crippen LogP contribution in [0.5, 0.6) is 0 Å². The number of hydrogen-bond donors (Lipinski definition) is 0. The number of furan rings is 1. The van der Waals surface area contributed by atoms with Gasteiger partial charge in [-0.25, -0.2) is 4.79 Å². The van der Waals surface area contributed by atoms with E-state index in [1.54, 1.807) is 6.92 Å². The third kappa shape index (κ3) is 1.18. The largest absolute Gasteiger partial charge is 0.452 e. The predicted octanol–water partition coefficient (Wildman–Crippen LogP) is 3.16. The van der Waals surface area contributed by atoms with Gasteiger partial charge in [0.25, 0.3) is 0 Å². The molecule has 0 bridgehead atoms. The van der Waals surface area contributed by atoms with Crippen LogP contribution in [0.4, 0.5) is 0 Å². The van der Waals surface area contributed by atoms with Crippen molar-refractivity contribution in [1.82, 2.24) is 0 Å². The number of rotatable bonds is 0. The van der Waals surface area contributed by atoms with Crippen LogP contribution in [0.2, 0.25) is 0 Å². The Morgan fingerprint density at radius 3 is 2.62 bits per heavy atom. The Bertz CT molecular complexity index is 747. The number of hydrogen-bond acceptors (Lipinski definition) is 3. The third-order valence-corrected chi connectivity index (χ3v) is 2.72. The smallest absolute Gasteiger partial charge is 0.336 e. The molecule has 0 radical (unpaired) electrons. The highest BCUT2D eigenvalue weighted by Gasteiger charge is 2.11. The Hall–Kier alpha value is -2.03. The van der Waals surface area contributed by atoms with E-state index in [9.17, 15) is 4.79 Å². The molecule has 0 aliphatic heterocycles. The second-order valence-corrected chi connectivity index (χ2v) is 3.97. The van der Waals surface area contributed by atoms with Gasteiger partial charge in [0, 0.05) is 16.8 Å². The van der Waals surface area contributed by atoms with E-state index >= 15 is 0 Å². The molecular weight excluding hydrogens is 204 g/mol. The average Bonchev–Trinajstić information content (AvgIpc) is 2.56. The summed E-state index contributed by atoms with van der Waals surface area (Å²) in [7, 11) is 0. The normalized spacial score (nSPS) is 11.4. The van der Waals surface area contributed by atoms with E-state index in [0.717, 1.165) is 21.9 Å². The maximum absolute atomic E-state index is 11.3. The molecule has 0 amide bonds. The van der Waals surface area contributed by atoms with Crippen molar-refractivity contribution in [3.8, 4) is 0 Å². The van der Waals surface area contributed by atoms with Crippen molar-refractivity contribution in [3.63, 3.8) is 0 Å². The summed E-state index contributed by atoms with van der Waals surface area (Å²) in [5, 5.41) is 1.78. The van der Waals surface area contributed by atoms with Gasteiger partial charge in [-0.05, 0) is 25.5 Å². The van der Waals surface area contributed by atoms with Gasteiger partial charge in [0.2, 0.25) is 0 Å². The van der Waals surface area contributed by atoms with E-state index in [0.29, 0.717) is 11.3 Å². The zero-order valence-corrected chi connectivity index (χ0v) is 9.03. The fourth-order valence-electron chi connectivity index (χ4n) is 1.97. The van der Waals surface area contributed by atoms with Crippen LogP contribution < -0.4 is 5.63 Å². The molecule has 0 aliphatic carbocycles. The van der Waals surface area contributed by atoms with Gasteiger partial charge < -0.3 is 8.83 Å². The number of aryl methyl sites for hydroxylation is 2. The quantitative estimate of drug-likeness (QED) is 0.577. The highest BCUT2D eigenvalue weighted by atomic mass is 16.4. The lowest BCUT2D eigenvalue weighted by molar-refractivity contribution is 0.475. The molecule has 80 valence electrons. The van der Waals surface area contributed by atoms with Gasteiger partial charge in [-0.1, -0.05) is 12.1 Å². The zero-order chi connectivity index (χ0) is 11.3. The van der Waals surface area contributed by atoms with Gasteiger partial charge in [0.15, 0.2) is 5.58 Å². The SMILES string of the molecule is Cc1ccc2c(c1)oc1c(C)oc(=O)cc12. The second kappa shape index (κ2) is 2.98. The van der Waals surface area contributed by atoms with Crippen LogP contribution in [0.25, 0.3) is 21.9 Å². The van der Waals surface area contributed by atoms with Crippen molar-refractivity contribution in [2.75, 3.05) is 0 Å². The van der Waals surface area contributed by atoms with Crippen molar-refractivity contribution in [2.24, 2.45) is 0 Å². The Kier molecular flexibility index (Phi) is 1.72. The molecule has 0 fully saturated rings. The highest BCUT2D eigenvalue weighted by Crippen LogP contribution is 2.29. The number of benzene rings is 1. The standard InChI is InChI=1S/C13H10O3/c1-7-3-4-9-10-6-12(14)15-8(2)13(10)16-11(9)5-7/h3-6H,1-2H3. The molecule has 2 heterocycles. The van der Waals surface area contributed by atoms with Crippen molar-refractivity contribution in [3.05, 3.63) is 46.0 Å². The first-order chi connectivity index (χ1) is 7.65. The van der Waals surface area contributed by atoms with E-state index in [1.807, 2.05) is 25.1 Å². The van der Waals surface area contributed by atoms with Crippen LogP contribution >= 0.6 is 0 Å². The maximum atomic E-state index is 11.3. The summed E-state index contributed by atoms with van der Waals surface area (Å²) in [6.45, 7) is 3.74. The van der Waals surface area contributed by atoms with Crippen LogP contribution in [-0.4, -0.2) is 0 Å². The van der Waals surface area contributed by atoms with E-state index in [1.165, 1.54) is 6.07 Å². The summed E-state index contributed by atoms with van der Waals surface area (Å²) in [4.78, 5) is 11.3. The lowest BCUT2D eigenvalue weighted by Crippen LogP contribution is -1.96. The van der Waals surface area contributed by atoms with Gasteiger partial charge in [-0.15, -0.1) is 0 Å². The second-order valence-electron chi connectivity index (χ2n) is 3.97. The minimum absolute atomic E-state index is 0.340. The molecule has 3 rings (SSSR count). The third-order valence-electron chi connectivity index (χ3n) is 2.72. The lowest BCUT2D eigenvalue weighted by atomic mass is 10.1. The van der Waals surface area contributed by atoms with Gasteiger partial charge >= 0.3 is 5.63 Å². The fraction of sp³-hybridized carbons (Fsp3) is 0.154. The minimum Gasteiger partial charge on any atom is -0.452 e. The van der Waals surface area contributed by atoms with Gasteiger partial charge in [-0.2, -0.15) is 0 Å².